The maximum Gasteiger partial charge on any atom is 0.330 e. The van der Waals surface area contributed by atoms with Gasteiger partial charge in [0.05, 0.1) is 6.61 Å². The molecule has 0 atom stereocenters. The fourth-order valence-corrected chi connectivity index (χ4v) is 2.53. The number of rotatable bonds is 12. The number of halogens is 1. The standard InChI is InChI=1S/C20H30BrNO2/c1-3-5-15-22(16-6-4-2)19-11-8-18(9-12-19)10-13-20(23)24-17-7-14-21/h8-13H,3-7,14-17H2,1-2H3. The lowest BCUT2D eigenvalue weighted by molar-refractivity contribution is -0.137. The molecule has 0 aliphatic heterocycles. The summed E-state index contributed by atoms with van der Waals surface area (Å²) in [6, 6.07) is 8.40. The second-order valence-corrected chi connectivity index (χ2v) is 6.62. The third kappa shape index (κ3) is 8.53. The van der Waals surface area contributed by atoms with Gasteiger partial charge in [-0.15, -0.1) is 0 Å². The van der Waals surface area contributed by atoms with Crippen LogP contribution in [0.25, 0.3) is 6.08 Å². The van der Waals surface area contributed by atoms with E-state index in [1.54, 1.807) is 0 Å². The second kappa shape index (κ2) is 13.1. The van der Waals surface area contributed by atoms with Gasteiger partial charge >= 0.3 is 5.97 Å². The first-order chi connectivity index (χ1) is 11.7. The van der Waals surface area contributed by atoms with Gasteiger partial charge < -0.3 is 9.64 Å². The Morgan fingerprint density at radius 1 is 1.08 bits per heavy atom. The van der Waals surface area contributed by atoms with Crippen LogP contribution in [0.2, 0.25) is 0 Å². The van der Waals surface area contributed by atoms with E-state index < -0.39 is 0 Å². The van der Waals surface area contributed by atoms with Gasteiger partial charge in [0.1, 0.15) is 0 Å². The van der Waals surface area contributed by atoms with Gasteiger partial charge in [0.2, 0.25) is 0 Å². The van der Waals surface area contributed by atoms with Crippen LogP contribution in [0.15, 0.2) is 30.3 Å². The number of nitrogens with zero attached hydrogens (tertiary/aromatic N) is 1. The van der Waals surface area contributed by atoms with Crippen LogP contribution in [0.1, 0.15) is 51.5 Å². The van der Waals surface area contributed by atoms with Gasteiger partial charge in [0, 0.05) is 30.2 Å². The van der Waals surface area contributed by atoms with E-state index in [1.807, 2.05) is 6.08 Å². The summed E-state index contributed by atoms with van der Waals surface area (Å²) in [7, 11) is 0. The minimum atomic E-state index is -0.285. The highest BCUT2D eigenvalue weighted by atomic mass is 79.9. The van der Waals surface area contributed by atoms with E-state index in [2.05, 4.69) is 58.9 Å². The summed E-state index contributed by atoms with van der Waals surface area (Å²) in [5.74, 6) is -0.285. The Morgan fingerprint density at radius 2 is 1.71 bits per heavy atom. The number of hydrogen-bond acceptors (Lipinski definition) is 3. The number of benzene rings is 1. The minimum Gasteiger partial charge on any atom is -0.462 e. The second-order valence-electron chi connectivity index (χ2n) is 5.83. The molecule has 1 aromatic rings. The van der Waals surface area contributed by atoms with Crippen LogP contribution in [-0.2, 0) is 9.53 Å². The van der Waals surface area contributed by atoms with Crippen molar-refractivity contribution in [2.45, 2.75) is 46.0 Å². The maximum atomic E-state index is 11.6. The summed E-state index contributed by atoms with van der Waals surface area (Å²) in [6.45, 7) is 7.11. The van der Waals surface area contributed by atoms with E-state index in [-0.39, 0.29) is 5.97 Å². The molecule has 0 spiro atoms. The van der Waals surface area contributed by atoms with Gasteiger partial charge in [-0.25, -0.2) is 4.79 Å². The van der Waals surface area contributed by atoms with Crippen LogP contribution in [0.3, 0.4) is 0 Å². The average Bonchev–Trinajstić information content (AvgIpc) is 2.61. The van der Waals surface area contributed by atoms with Crippen LogP contribution in [0.4, 0.5) is 5.69 Å². The Morgan fingerprint density at radius 3 is 2.25 bits per heavy atom. The van der Waals surface area contributed by atoms with Crippen LogP contribution >= 0.6 is 15.9 Å². The zero-order valence-electron chi connectivity index (χ0n) is 15.0. The summed E-state index contributed by atoms with van der Waals surface area (Å²) in [5, 5.41) is 0.845. The molecule has 0 bridgehead atoms. The highest BCUT2D eigenvalue weighted by Gasteiger charge is 2.05. The maximum absolute atomic E-state index is 11.6. The van der Waals surface area contributed by atoms with Gasteiger partial charge in [-0.1, -0.05) is 54.8 Å². The lowest BCUT2D eigenvalue weighted by atomic mass is 10.1. The van der Waals surface area contributed by atoms with Crippen molar-refractivity contribution in [1.82, 2.24) is 0 Å². The lowest BCUT2D eigenvalue weighted by Crippen LogP contribution is -2.25. The van der Waals surface area contributed by atoms with Crippen molar-refractivity contribution < 1.29 is 9.53 Å². The summed E-state index contributed by atoms with van der Waals surface area (Å²) >= 11 is 3.31. The number of ether oxygens (including phenoxy) is 1. The Labute approximate surface area is 155 Å². The van der Waals surface area contributed by atoms with Crippen molar-refractivity contribution in [2.24, 2.45) is 0 Å². The van der Waals surface area contributed by atoms with E-state index >= 15 is 0 Å². The molecule has 0 heterocycles. The number of hydrogen-bond donors (Lipinski definition) is 0. The normalized spacial score (nSPS) is 11.0. The number of carbonyl (C=O) groups is 1. The molecule has 0 aliphatic carbocycles. The van der Waals surface area contributed by atoms with E-state index in [1.165, 1.54) is 37.4 Å². The monoisotopic (exact) mass is 395 g/mol. The van der Waals surface area contributed by atoms with Crippen LogP contribution in [0, 0.1) is 0 Å². The lowest BCUT2D eigenvalue weighted by Gasteiger charge is -2.24. The average molecular weight is 396 g/mol. The molecule has 0 saturated heterocycles. The van der Waals surface area contributed by atoms with E-state index in [9.17, 15) is 4.79 Å². The van der Waals surface area contributed by atoms with Gasteiger partial charge in [0.15, 0.2) is 0 Å². The first-order valence-electron chi connectivity index (χ1n) is 8.97. The molecule has 3 nitrogen and oxygen atoms in total. The molecule has 0 amide bonds. The van der Waals surface area contributed by atoms with Crippen molar-refractivity contribution in [2.75, 3.05) is 29.9 Å². The summed E-state index contributed by atoms with van der Waals surface area (Å²) in [6.07, 6.45) is 8.98. The fourth-order valence-electron chi connectivity index (χ4n) is 2.30. The first-order valence-corrected chi connectivity index (χ1v) is 10.1. The van der Waals surface area contributed by atoms with Gasteiger partial charge in [0.25, 0.3) is 0 Å². The van der Waals surface area contributed by atoms with Crippen molar-refractivity contribution >= 4 is 33.7 Å². The van der Waals surface area contributed by atoms with Crippen LogP contribution in [0.5, 0.6) is 0 Å². The molecule has 0 radical (unpaired) electrons. The first kappa shape index (κ1) is 20.8. The molecule has 1 rings (SSSR count). The van der Waals surface area contributed by atoms with Crippen molar-refractivity contribution in [1.29, 1.82) is 0 Å². The minimum absolute atomic E-state index is 0.285. The number of esters is 1. The molecule has 24 heavy (non-hydrogen) atoms. The van der Waals surface area contributed by atoms with E-state index in [0.29, 0.717) is 6.61 Å². The smallest absolute Gasteiger partial charge is 0.330 e. The summed E-state index contributed by atoms with van der Waals surface area (Å²) < 4.78 is 5.09. The largest absolute Gasteiger partial charge is 0.462 e. The number of anilines is 1. The van der Waals surface area contributed by atoms with Crippen LogP contribution < -0.4 is 4.90 Å². The van der Waals surface area contributed by atoms with E-state index in [4.69, 9.17) is 4.74 Å². The molecule has 0 saturated carbocycles. The molecular weight excluding hydrogens is 366 g/mol. The van der Waals surface area contributed by atoms with Gasteiger partial charge in [-0.3, -0.25) is 0 Å². The predicted octanol–water partition coefficient (Wildman–Crippen LogP) is 5.43. The molecule has 0 aliphatic rings. The summed E-state index contributed by atoms with van der Waals surface area (Å²) in [4.78, 5) is 14.0. The fraction of sp³-hybridized carbons (Fsp3) is 0.550. The molecular formula is C20H30BrNO2. The van der Waals surface area contributed by atoms with Crippen molar-refractivity contribution in [3.63, 3.8) is 0 Å². The van der Waals surface area contributed by atoms with Gasteiger partial charge in [-0.05, 0) is 43.0 Å². The van der Waals surface area contributed by atoms with Crippen LogP contribution in [-0.4, -0.2) is 31.0 Å². The number of alkyl halides is 1. The Balaban J connectivity index is 2.60. The molecule has 4 heteroatoms. The SMILES string of the molecule is CCCCN(CCCC)c1ccc(C=CC(=O)OCCCBr)cc1. The predicted molar refractivity (Wildman–Crippen MR) is 107 cm³/mol. The number of unbranched alkanes of at least 4 members (excludes halogenated alkanes) is 2. The quantitative estimate of drug-likeness (QED) is 0.204. The molecule has 0 N–H and O–H groups in total. The number of carbonyl (C=O) groups excluding carboxylic acids is 1. The molecule has 0 aromatic heterocycles. The topological polar surface area (TPSA) is 29.5 Å². The third-order valence-electron chi connectivity index (χ3n) is 3.76. The van der Waals surface area contributed by atoms with E-state index in [0.717, 1.165) is 30.4 Å². The van der Waals surface area contributed by atoms with Gasteiger partial charge in [-0.2, -0.15) is 0 Å². The van der Waals surface area contributed by atoms with Crippen molar-refractivity contribution in [3.05, 3.63) is 35.9 Å². The zero-order chi connectivity index (χ0) is 17.6. The van der Waals surface area contributed by atoms with Crippen molar-refractivity contribution in [3.8, 4) is 0 Å². The highest BCUT2D eigenvalue weighted by molar-refractivity contribution is 9.09. The molecule has 1 aromatic carbocycles. The Kier molecular flexibility index (Phi) is 11.3. The zero-order valence-corrected chi connectivity index (χ0v) is 16.6. The molecule has 0 fully saturated rings. The Hall–Kier alpha value is -1.29. The third-order valence-corrected chi connectivity index (χ3v) is 4.32. The highest BCUT2D eigenvalue weighted by Crippen LogP contribution is 2.17. The summed E-state index contributed by atoms with van der Waals surface area (Å²) in [5.41, 5.74) is 2.27. The molecule has 0 unspecified atom stereocenters. The Bertz CT molecular complexity index is 477. The molecule has 134 valence electrons.